The number of esters is 1. The van der Waals surface area contributed by atoms with Gasteiger partial charge in [0.2, 0.25) is 0 Å². The van der Waals surface area contributed by atoms with Crippen LogP contribution in [-0.4, -0.2) is 22.6 Å². The Morgan fingerprint density at radius 2 is 2.50 bits per heavy atom. The zero-order valence-electron chi connectivity index (χ0n) is 10.1. The van der Waals surface area contributed by atoms with E-state index in [4.69, 9.17) is 9.15 Å². The molecule has 0 aliphatic carbocycles. The number of aromatic nitrogens is 2. The summed E-state index contributed by atoms with van der Waals surface area (Å²) in [6, 6.07) is 3.74. The molecule has 1 aliphatic rings. The molecule has 3 heterocycles. The lowest BCUT2D eigenvalue weighted by Crippen LogP contribution is -2.26. The lowest BCUT2D eigenvalue weighted by atomic mass is 9.96. The third-order valence-corrected chi connectivity index (χ3v) is 3.37. The first-order valence-electron chi connectivity index (χ1n) is 5.95. The summed E-state index contributed by atoms with van der Waals surface area (Å²) in [7, 11) is 1.43. The standard InChI is InChI=1S/C13H14N2O3/c1-17-13(16)9-4-5-15-10(7-9)8-14-12(15)11-3-2-6-18-11/h2-3,6,8-9H,4-5,7H2,1H3. The molecule has 0 amide bonds. The van der Waals surface area contributed by atoms with Crippen molar-refractivity contribution >= 4 is 5.97 Å². The highest BCUT2D eigenvalue weighted by Gasteiger charge is 2.27. The lowest BCUT2D eigenvalue weighted by molar-refractivity contribution is -0.146. The summed E-state index contributed by atoms with van der Waals surface area (Å²) in [6.07, 6.45) is 4.91. The number of hydrogen-bond donors (Lipinski definition) is 0. The van der Waals surface area contributed by atoms with Crippen LogP contribution in [0, 0.1) is 5.92 Å². The molecule has 0 saturated heterocycles. The van der Waals surface area contributed by atoms with E-state index in [0.717, 1.165) is 30.2 Å². The highest BCUT2D eigenvalue weighted by atomic mass is 16.5. The van der Waals surface area contributed by atoms with E-state index in [9.17, 15) is 4.79 Å². The normalized spacial score (nSPS) is 18.4. The van der Waals surface area contributed by atoms with Gasteiger partial charge in [-0.15, -0.1) is 0 Å². The number of imidazole rings is 1. The molecule has 0 radical (unpaired) electrons. The Morgan fingerprint density at radius 1 is 1.61 bits per heavy atom. The first-order valence-corrected chi connectivity index (χ1v) is 5.95. The van der Waals surface area contributed by atoms with Crippen LogP contribution in [0.5, 0.6) is 0 Å². The van der Waals surface area contributed by atoms with E-state index in [1.807, 2.05) is 18.3 Å². The van der Waals surface area contributed by atoms with Gasteiger partial charge >= 0.3 is 5.97 Å². The molecule has 0 spiro atoms. The van der Waals surface area contributed by atoms with Crippen LogP contribution in [-0.2, 0) is 22.5 Å². The van der Waals surface area contributed by atoms with Gasteiger partial charge in [0.05, 0.1) is 19.3 Å². The number of methoxy groups -OCH3 is 1. The molecular weight excluding hydrogens is 232 g/mol. The molecule has 1 unspecified atom stereocenters. The average Bonchev–Trinajstić information content (AvgIpc) is 3.05. The monoisotopic (exact) mass is 246 g/mol. The summed E-state index contributed by atoms with van der Waals surface area (Å²) < 4.78 is 12.3. The van der Waals surface area contributed by atoms with E-state index < -0.39 is 0 Å². The number of ether oxygens (including phenoxy) is 1. The highest BCUT2D eigenvalue weighted by molar-refractivity contribution is 5.72. The van der Waals surface area contributed by atoms with Crippen molar-refractivity contribution in [1.82, 2.24) is 9.55 Å². The fraction of sp³-hybridized carbons (Fsp3) is 0.385. The average molecular weight is 246 g/mol. The second kappa shape index (κ2) is 4.33. The Bertz CT molecular complexity index is 557. The molecule has 0 N–H and O–H groups in total. The second-order valence-electron chi connectivity index (χ2n) is 4.41. The largest absolute Gasteiger partial charge is 0.469 e. The van der Waals surface area contributed by atoms with Crippen molar-refractivity contribution in [1.29, 1.82) is 0 Å². The number of rotatable bonds is 2. The van der Waals surface area contributed by atoms with Crippen molar-refractivity contribution < 1.29 is 13.9 Å². The van der Waals surface area contributed by atoms with Crippen molar-refractivity contribution in [3.05, 3.63) is 30.3 Å². The molecule has 2 aromatic rings. The number of furan rings is 1. The molecular formula is C13H14N2O3. The fourth-order valence-electron chi connectivity index (χ4n) is 2.43. The van der Waals surface area contributed by atoms with Crippen LogP contribution in [0.2, 0.25) is 0 Å². The van der Waals surface area contributed by atoms with Gasteiger partial charge in [0.25, 0.3) is 0 Å². The predicted molar refractivity (Wildman–Crippen MR) is 63.8 cm³/mol. The second-order valence-corrected chi connectivity index (χ2v) is 4.41. The number of carbonyl (C=O) groups is 1. The van der Waals surface area contributed by atoms with Gasteiger partial charge in [0.1, 0.15) is 0 Å². The van der Waals surface area contributed by atoms with Crippen LogP contribution in [0.1, 0.15) is 12.1 Å². The van der Waals surface area contributed by atoms with Gasteiger partial charge in [0.15, 0.2) is 11.6 Å². The highest BCUT2D eigenvalue weighted by Crippen LogP contribution is 2.27. The summed E-state index contributed by atoms with van der Waals surface area (Å²) in [6.45, 7) is 0.769. The summed E-state index contributed by atoms with van der Waals surface area (Å²) >= 11 is 0. The third-order valence-electron chi connectivity index (χ3n) is 3.37. The Balaban J connectivity index is 1.89. The van der Waals surface area contributed by atoms with Crippen molar-refractivity contribution in [3.8, 4) is 11.6 Å². The number of carbonyl (C=O) groups excluding carboxylic acids is 1. The number of hydrogen-bond acceptors (Lipinski definition) is 4. The molecule has 0 saturated carbocycles. The van der Waals surface area contributed by atoms with Gasteiger partial charge in [-0.05, 0) is 18.6 Å². The Labute approximate surface area is 104 Å². The van der Waals surface area contributed by atoms with Gasteiger partial charge < -0.3 is 13.7 Å². The minimum absolute atomic E-state index is 0.0522. The van der Waals surface area contributed by atoms with E-state index in [-0.39, 0.29) is 11.9 Å². The Hall–Kier alpha value is -2.04. The maximum atomic E-state index is 11.5. The van der Waals surface area contributed by atoms with Crippen molar-refractivity contribution in [2.75, 3.05) is 7.11 Å². The number of fused-ring (bicyclic) bond motifs is 1. The van der Waals surface area contributed by atoms with Crippen LogP contribution in [0.3, 0.4) is 0 Å². The van der Waals surface area contributed by atoms with Crippen LogP contribution in [0.4, 0.5) is 0 Å². The van der Waals surface area contributed by atoms with Crippen molar-refractivity contribution in [3.63, 3.8) is 0 Å². The zero-order valence-corrected chi connectivity index (χ0v) is 10.1. The minimum Gasteiger partial charge on any atom is -0.469 e. The molecule has 5 heteroatoms. The van der Waals surface area contributed by atoms with Gasteiger partial charge in [-0.25, -0.2) is 4.98 Å². The third kappa shape index (κ3) is 1.72. The van der Waals surface area contributed by atoms with E-state index in [0.29, 0.717) is 6.42 Å². The van der Waals surface area contributed by atoms with E-state index in [1.165, 1.54) is 7.11 Å². The smallest absolute Gasteiger partial charge is 0.309 e. The molecule has 0 bridgehead atoms. The molecule has 0 fully saturated rings. The van der Waals surface area contributed by atoms with Gasteiger partial charge in [0, 0.05) is 24.9 Å². The van der Waals surface area contributed by atoms with Gasteiger partial charge in [-0.3, -0.25) is 4.79 Å². The summed E-state index contributed by atoms with van der Waals surface area (Å²) in [4.78, 5) is 15.9. The quantitative estimate of drug-likeness (QED) is 0.759. The topological polar surface area (TPSA) is 57.3 Å². The van der Waals surface area contributed by atoms with E-state index in [1.54, 1.807) is 6.26 Å². The fourth-order valence-corrected chi connectivity index (χ4v) is 2.43. The Morgan fingerprint density at radius 3 is 3.22 bits per heavy atom. The van der Waals surface area contributed by atoms with Gasteiger partial charge in [-0.1, -0.05) is 0 Å². The van der Waals surface area contributed by atoms with E-state index in [2.05, 4.69) is 9.55 Å². The summed E-state index contributed by atoms with van der Waals surface area (Å²) in [5.74, 6) is 1.40. The summed E-state index contributed by atoms with van der Waals surface area (Å²) in [5.41, 5.74) is 1.06. The molecule has 0 aromatic carbocycles. The molecule has 1 aliphatic heterocycles. The van der Waals surface area contributed by atoms with Gasteiger partial charge in [-0.2, -0.15) is 0 Å². The molecule has 1 atom stereocenters. The van der Waals surface area contributed by atoms with Crippen LogP contribution in [0.25, 0.3) is 11.6 Å². The minimum atomic E-state index is -0.137. The Kier molecular flexibility index (Phi) is 2.66. The number of nitrogens with zero attached hydrogens (tertiary/aromatic N) is 2. The van der Waals surface area contributed by atoms with Crippen LogP contribution in [0.15, 0.2) is 29.0 Å². The van der Waals surface area contributed by atoms with Crippen molar-refractivity contribution in [2.24, 2.45) is 5.92 Å². The zero-order chi connectivity index (χ0) is 12.5. The first kappa shape index (κ1) is 11.1. The molecule has 18 heavy (non-hydrogen) atoms. The molecule has 94 valence electrons. The summed E-state index contributed by atoms with van der Waals surface area (Å²) in [5, 5.41) is 0. The van der Waals surface area contributed by atoms with Crippen molar-refractivity contribution in [2.45, 2.75) is 19.4 Å². The van der Waals surface area contributed by atoms with E-state index >= 15 is 0 Å². The maximum absolute atomic E-state index is 11.5. The SMILES string of the molecule is COC(=O)C1CCn2c(cnc2-c2ccco2)C1. The lowest BCUT2D eigenvalue weighted by Gasteiger charge is -2.22. The van der Waals surface area contributed by atoms with Crippen LogP contribution < -0.4 is 0 Å². The first-order chi connectivity index (χ1) is 8.79. The predicted octanol–water partition coefficient (Wildman–Crippen LogP) is 1.88. The molecule has 3 rings (SSSR count). The van der Waals surface area contributed by atoms with Crippen LogP contribution >= 0.6 is 0 Å². The molecule has 5 nitrogen and oxygen atoms in total. The molecule has 2 aromatic heterocycles. The maximum Gasteiger partial charge on any atom is 0.309 e.